The molecular weight excluding hydrogens is 284 g/mol. The van der Waals surface area contributed by atoms with Gasteiger partial charge in [0.15, 0.2) is 0 Å². The number of nitrogens with one attached hydrogen (secondary N) is 1. The highest BCUT2D eigenvalue weighted by atomic mass is 32.2. The Kier molecular flexibility index (Phi) is 5.61. The Hall–Kier alpha value is -1.51. The highest BCUT2D eigenvalue weighted by Gasteiger charge is 2.24. The monoisotopic (exact) mass is 302 g/mol. The van der Waals surface area contributed by atoms with E-state index in [1.807, 2.05) is 0 Å². The zero-order valence-electron chi connectivity index (χ0n) is 11.4. The van der Waals surface area contributed by atoms with E-state index in [9.17, 15) is 18.5 Å². The third kappa shape index (κ3) is 3.75. The van der Waals surface area contributed by atoms with Crippen LogP contribution >= 0.6 is 0 Å². The van der Waals surface area contributed by atoms with Crippen molar-refractivity contribution < 1.29 is 18.4 Å². The predicted molar refractivity (Wildman–Crippen MR) is 73.9 cm³/mol. The van der Waals surface area contributed by atoms with Gasteiger partial charge in [-0.3, -0.25) is 10.1 Å². The van der Waals surface area contributed by atoms with Crippen molar-refractivity contribution in [2.45, 2.75) is 37.6 Å². The summed E-state index contributed by atoms with van der Waals surface area (Å²) in [5, 5.41) is 19.7. The molecule has 1 unspecified atom stereocenters. The highest BCUT2D eigenvalue weighted by molar-refractivity contribution is 7.89. The molecule has 0 aliphatic carbocycles. The Balaban J connectivity index is 3.16. The molecule has 1 aromatic rings. The van der Waals surface area contributed by atoms with Gasteiger partial charge in [-0.15, -0.1) is 0 Å². The van der Waals surface area contributed by atoms with Crippen LogP contribution in [-0.4, -0.2) is 31.1 Å². The average Bonchev–Trinajstić information content (AvgIpc) is 2.37. The molecule has 0 aliphatic rings. The average molecular weight is 302 g/mol. The van der Waals surface area contributed by atoms with Crippen molar-refractivity contribution in [1.29, 1.82) is 0 Å². The number of nitro groups is 1. The van der Waals surface area contributed by atoms with E-state index in [4.69, 9.17) is 5.11 Å². The molecule has 0 amide bonds. The summed E-state index contributed by atoms with van der Waals surface area (Å²) in [5.41, 5.74) is -0.132. The summed E-state index contributed by atoms with van der Waals surface area (Å²) in [7, 11) is -3.85. The summed E-state index contributed by atoms with van der Waals surface area (Å²) in [5.74, 6) is 0. The number of nitro benzene ring substituents is 1. The minimum atomic E-state index is -3.85. The third-order valence-corrected chi connectivity index (χ3v) is 4.70. The Morgan fingerprint density at radius 2 is 2.10 bits per heavy atom. The molecule has 20 heavy (non-hydrogen) atoms. The Morgan fingerprint density at radius 1 is 1.45 bits per heavy atom. The van der Waals surface area contributed by atoms with Crippen molar-refractivity contribution in [1.82, 2.24) is 4.72 Å². The number of sulfonamides is 1. The van der Waals surface area contributed by atoms with Crippen LogP contribution in [0.4, 0.5) is 5.69 Å². The van der Waals surface area contributed by atoms with E-state index < -0.39 is 21.0 Å². The SMILES string of the molecule is CCC(CCO)NS(=O)(=O)c1cccc([N+](=O)[O-])c1C. The molecular formula is C12H18N2O5S. The second-order valence-electron chi connectivity index (χ2n) is 4.40. The second kappa shape index (κ2) is 6.78. The number of benzene rings is 1. The molecule has 0 radical (unpaired) electrons. The van der Waals surface area contributed by atoms with Crippen LogP contribution in [0, 0.1) is 17.0 Å². The molecule has 1 rings (SSSR count). The van der Waals surface area contributed by atoms with E-state index in [0.29, 0.717) is 12.8 Å². The maximum Gasteiger partial charge on any atom is 0.273 e. The van der Waals surface area contributed by atoms with Crippen LogP contribution in [-0.2, 0) is 10.0 Å². The minimum absolute atomic E-state index is 0.101. The first kappa shape index (κ1) is 16.5. The van der Waals surface area contributed by atoms with Crippen molar-refractivity contribution in [2.75, 3.05) is 6.61 Å². The van der Waals surface area contributed by atoms with Gasteiger partial charge in [-0.25, -0.2) is 13.1 Å². The highest BCUT2D eigenvalue weighted by Crippen LogP contribution is 2.24. The van der Waals surface area contributed by atoms with E-state index in [1.165, 1.54) is 25.1 Å². The number of nitrogens with zero attached hydrogens (tertiary/aromatic N) is 1. The van der Waals surface area contributed by atoms with Crippen molar-refractivity contribution in [3.63, 3.8) is 0 Å². The van der Waals surface area contributed by atoms with Crippen LogP contribution in [0.1, 0.15) is 25.3 Å². The van der Waals surface area contributed by atoms with Gasteiger partial charge in [0.05, 0.1) is 9.82 Å². The number of aliphatic hydroxyl groups is 1. The van der Waals surface area contributed by atoms with Crippen molar-refractivity contribution in [3.8, 4) is 0 Å². The van der Waals surface area contributed by atoms with Gasteiger partial charge in [-0.1, -0.05) is 13.0 Å². The van der Waals surface area contributed by atoms with E-state index >= 15 is 0 Å². The molecule has 1 aromatic carbocycles. The first-order chi connectivity index (χ1) is 9.33. The largest absolute Gasteiger partial charge is 0.396 e. The lowest BCUT2D eigenvalue weighted by molar-refractivity contribution is -0.385. The first-order valence-electron chi connectivity index (χ1n) is 6.20. The molecule has 0 fully saturated rings. The lowest BCUT2D eigenvalue weighted by atomic mass is 10.2. The van der Waals surface area contributed by atoms with Gasteiger partial charge in [-0.05, 0) is 25.8 Å². The molecule has 0 saturated carbocycles. The summed E-state index contributed by atoms with van der Waals surface area (Å²) in [6.07, 6.45) is 0.817. The molecule has 112 valence electrons. The van der Waals surface area contributed by atoms with Gasteiger partial charge in [0.1, 0.15) is 0 Å². The Bertz CT molecular complexity index is 586. The standard InChI is InChI=1S/C12H18N2O5S/c1-3-10(7-8-15)13-20(18,19)12-6-4-5-11(9(12)2)14(16)17/h4-6,10,13,15H,3,7-8H2,1-2H3. The zero-order valence-corrected chi connectivity index (χ0v) is 12.2. The fraction of sp³-hybridized carbons (Fsp3) is 0.500. The predicted octanol–water partition coefficient (Wildman–Crippen LogP) is 1.34. The van der Waals surface area contributed by atoms with E-state index in [0.717, 1.165) is 0 Å². The number of hydrogen-bond donors (Lipinski definition) is 2. The fourth-order valence-corrected chi connectivity index (χ4v) is 3.49. The minimum Gasteiger partial charge on any atom is -0.396 e. The van der Waals surface area contributed by atoms with Crippen LogP contribution in [0.5, 0.6) is 0 Å². The second-order valence-corrected chi connectivity index (χ2v) is 6.08. The molecule has 0 spiro atoms. The topological polar surface area (TPSA) is 110 Å². The molecule has 1 atom stereocenters. The molecule has 0 aromatic heterocycles. The van der Waals surface area contributed by atoms with Gasteiger partial charge < -0.3 is 5.11 Å². The molecule has 2 N–H and O–H groups in total. The van der Waals surface area contributed by atoms with Gasteiger partial charge in [0.25, 0.3) is 5.69 Å². The Morgan fingerprint density at radius 3 is 2.60 bits per heavy atom. The van der Waals surface area contributed by atoms with E-state index in [1.54, 1.807) is 6.92 Å². The lowest BCUT2D eigenvalue weighted by Gasteiger charge is -2.16. The van der Waals surface area contributed by atoms with Crippen LogP contribution in [0.3, 0.4) is 0 Å². The molecule has 0 bridgehead atoms. The molecule has 8 heteroatoms. The van der Waals surface area contributed by atoms with Gasteiger partial charge >= 0.3 is 0 Å². The zero-order chi connectivity index (χ0) is 15.3. The van der Waals surface area contributed by atoms with Crippen molar-refractivity contribution in [3.05, 3.63) is 33.9 Å². The molecule has 0 heterocycles. The summed E-state index contributed by atoms with van der Waals surface area (Å²) >= 11 is 0. The van der Waals surface area contributed by atoms with Crippen molar-refractivity contribution >= 4 is 15.7 Å². The summed E-state index contributed by atoms with van der Waals surface area (Å²) in [4.78, 5) is 10.1. The van der Waals surface area contributed by atoms with E-state index in [-0.39, 0.29) is 22.8 Å². The van der Waals surface area contributed by atoms with Crippen LogP contribution in [0.15, 0.2) is 23.1 Å². The number of rotatable bonds is 7. The van der Waals surface area contributed by atoms with Crippen LogP contribution in [0.25, 0.3) is 0 Å². The third-order valence-electron chi connectivity index (χ3n) is 3.03. The lowest BCUT2D eigenvalue weighted by Crippen LogP contribution is -2.35. The quantitative estimate of drug-likeness (QED) is 0.583. The van der Waals surface area contributed by atoms with Crippen LogP contribution in [0.2, 0.25) is 0 Å². The number of aliphatic hydroxyl groups excluding tert-OH is 1. The van der Waals surface area contributed by atoms with Crippen molar-refractivity contribution in [2.24, 2.45) is 0 Å². The maximum atomic E-state index is 12.3. The smallest absolute Gasteiger partial charge is 0.273 e. The normalized spacial score (nSPS) is 13.2. The molecule has 0 saturated heterocycles. The van der Waals surface area contributed by atoms with E-state index in [2.05, 4.69) is 4.72 Å². The maximum absolute atomic E-state index is 12.3. The van der Waals surface area contributed by atoms with Gasteiger partial charge in [-0.2, -0.15) is 0 Å². The first-order valence-corrected chi connectivity index (χ1v) is 7.69. The van der Waals surface area contributed by atoms with Crippen LogP contribution < -0.4 is 4.72 Å². The molecule has 7 nitrogen and oxygen atoms in total. The van der Waals surface area contributed by atoms with Gasteiger partial charge in [0, 0.05) is 24.3 Å². The Labute approximate surface area is 117 Å². The summed E-state index contributed by atoms with van der Waals surface area (Å²) in [6.45, 7) is 3.07. The summed E-state index contributed by atoms with van der Waals surface area (Å²) in [6, 6.07) is 3.53. The number of hydrogen-bond acceptors (Lipinski definition) is 5. The fourth-order valence-electron chi connectivity index (χ4n) is 1.88. The van der Waals surface area contributed by atoms with Gasteiger partial charge in [0.2, 0.25) is 10.0 Å². The summed E-state index contributed by atoms with van der Waals surface area (Å²) < 4.78 is 27.0. The molecule has 0 aliphatic heterocycles.